The number of β-lactam (4-membered cyclic amide) rings is 1. The molecule has 0 aliphatic carbocycles. The number of carboxylic acids is 1. The highest BCUT2D eigenvalue weighted by molar-refractivity contribution is 8.01. The second-order valence-electron chi connectivity index (χ2n) is 7.55. The van der Waals surface area contributed by atoms with E-state index >= 15 is 0 Å². The SMILES string of the molecule is Cc1cc([N+](=O)[O-])nn1[C@H](C)C(=O)N[C@@H]1C(=O)N2C(C(=O)O)=C(CSc3nnnn3C)CS[C@H]12. The number of carboxylic acid groups (broad SMARTS) is 1. The molecule has 0 saturated carbocycles. The van der Waals surface area contributed by atoms with E-state index in [1.165, 1.54) is 50.8 Å². The first-order chi connectivity index (χ1) is 16.1. The lowest BCUT2D eigenvalue weighted by Crippen LogP contribution is -2.71. The van der Waals surface area contributed by atoms with Crippen LogP contribution in [0.2, 0.25) is 0 Å². The lowest BCUT2D eigenvalue weighted by Gasteiger charge is -2.49. The van der Waals surface area contributed by atoms with Crippen LogP contribution in [-0.4, -0.2) is 85.6 Å². The molecule has 1 saturated heterocycles. The molecular weight excluding hydrogens is 490 g/mol. The van der Waals surface area contributed by atoms with Gasteiger partial charge in [-0.05, 0) is 34.8 Å². The van der Waals surface area contributed by atoms with Gasteiger partial charge in [-0.2, -0.15) is 4.68 Å². The molecule has 34 heavy (non-hydrogen) atoms. The molecule has 2 aromatic rings. The van der Waals surface area contributed by atoms with Crippen molar-refractivity contribution in [3.8, 4) is 0 Å². The summed E-state index contributed by atoms with van der Waals surface area (Å²) in [6, 6.07) is -0.583. The lowest BCUT2D eigenvalue weighted by atomic mass is 10.0. The molecule has 180 valence electrons. The van der Waals surface area contributed by atoms with Gasteiger partial charge >= 0.3 is 11.8 Å². The molecule has 0 radical (unpaired) electrons. The van der Waals surface area contributed by atoms with Crippen LogP contribution < -0.4 is 5.32 Å². The Bertz CT molecular complexity index is 1220. The largest absolute Gasteiger partial charge is 0.477 e. The van der Waals surface area contributed by atoms with E-state index in [0.29, 0.717) is 22.2 Å². The average molecular weight is 510 g/mol. The number of fused-ring (bicyclic) bond motifs is 1. The van der Waals surface area contributed by atoms with E-state index in [0.717, 1.165) is 0 Å². The van der Waals surface area contributed by atoms with E-state index in [1.807, 2.05) is 0 Å². The van der Waals surface area contributed by atoms with Crippen molar-refractivity contribution < 1.29 is 24.4 Å². The van der Waals surface area contributed by atoms with Crippen molar-refractivity contribution in [3.05, 3.63) is 33.1 Å². The molecule has 2 aliphatic heterocycles. The third-order valence-electron chi connectivity index (χ3n) is 5.35. The summed E-state index contributed by atoms with van der Waals surface area (Å²) in [4.78, 5) is 49.1. The molecule has 3 atom stereocenters. The number of aryl methyl sites for hydroxylation is 2. The molecule has 17 heteroatoms. The highest BCUT2D eigenvalue weighted by Gasteiger charge is 2.54. The zero-order valence-corrected chi connectivity index (χ0v) is 19.7. The molecule has 0 bridgehead atoms. The van der Waals surface area contributed by atoms with Gasteiger partial charge in [-0.25, -0.2) is 9.48 Å². The van der Waals surface area contributed by atoms with Crippen molar-refractivity contribution in [3.63, 3.8) is 0 Å². The Kier molecular flexibility index (Phi) is 6.30. The van der Waals surface area contributed by atoms with Gasteiger partial charge in [0.05, 0.1) is 16.9 Å². The number of nitrogens with one attached hydrogen (secondary N) is 1. The van der Waals surface area contributed by atoms with E-state index in [4.69, 9.17) is 0 Å². The second-order valence-corrected chi connectivity index (χ2v) is 9.60. The zero-order chi connectivity index (χ0) is 24.7. The van der Waals surface area contributed by atoms with E-state index in [9.17, 15) is 29.6 Å². The van der Waals surface area contributed by atoms with E-state index in [2.05, 4.69) is 25.9 Å². The Hall–Kier alpha value is -3.47. The molecular formula is C17H19N9O6S2. The first kappa shape index (κ1) is 23.7. The summed E-state index contributed by atoms with van der Waals surface area (Å²) in [7, 11) is 1.66. The minimum absolute atomic E-state index is 0.103. The van der Waals surface area contributed by atoms with Gasteiger partial charge in [0.1, 0.15) is 23.2 Å². The third kappa shape index (κ3) is 4.11. The van der Waals surface area contributed by atoms with Gasteiger partial charge in [-0.15, -0.1) is 16.9 Å². The van der Waals surface area contributed by atoms with Crippen LogP contribution in [0.4, 0.5) is 5.82 Å². The topological polar surface area (TPSA) is 191 Å². The first-order valence-corrected chi connectivity index (χ1v) is 11.9. The minimum atomic E-state index is -1.23. The Balaban J connectivity index is 1.46. The highest BCUT2D eigenvalue weighted by atomic mass is 32.2. The number of rotatable bonds is 8. The Morgan fingerprint density at radius 1 is 1.47 bits per heavy atom. The Morgan fingerprint density at radius 2 is 2.21 bits per heavy atom. The van der Waals surface area contributed by atoms with E-state index in [-0.39, 0.29) is 17.3 Å². The number of hydrogen-bond acceptors (Lipinski definition) is 11. The fourth-order valence-corrected chi connectivity index (χ4v) is 5.96. The maximum absolute atomic E-state index is 12.8. The normalized spacial score (nSPS) is 20.6. The summed E-state index contributed by atoms with van der Waals surface area (Å²) in [6.07, 6.45) is 0. The zero-order valence-electron chi connectivity index (χ0n) is 18.1. The molecule has 0 spiro atoms. The fraction of sp³-hybridized carbons (Fsp3) is 0.471. The standard InChI is InChI=1S/C17H19N9O6S2/c1-7-4-10(26(31)32)20-25(7)8(2)13(27)18-11-14(28)24-12(16(29)30)9(5-33-15(11)24)6-34-17-19-21-22-23(17)3/h4,8,11,15H,5-6H2,1-3H3,(H,18,27)(H,29,30)/t8-,11-,15-/m1/s1. The van der Waals surface area contributed by atoms with Gasteiger partial charge in [0.25, 0.3) is 5.91 Å². The average Bonchev–Trinajstić information content (AvgIpc) is 3.39. The van der Waals surface area contributed by atoms with E-state index < -0.39 is 40.2 Å². The van der Waals surface area contributed by atoms with Crippen molar-refractivity contribution in [2.24, 2.45) is 7.05 Å². The fourth-order valence-electron chi connectivity index (χ4n) is 3.63. The second kappa shape index (κ2) is 9.05. The first-order valence-electron chi connectivity index (χ1n) is 9.86. The number of nitro groups is 1. The van der Waals surface area contributed by atoms with Crippen molar-refractivity contribution in [2.45, 2.75) is 36.5 Å². The van der Waals surface area contributed by atoms with Gasteiger partial charge in [0.2, 0.25) is 11.1 Å². The molecule has 15 nitrogen and oxygen atoms in total. The van der Waals surface area contributed by atoms with Crippen LogP contribution in [0.25, 0.3) is 0 Å². The number of amides is 2. The number of carbonyl (C=O) groups is 3. The van der Waals surface area contributed by atoms with Crippen molar-refractivity contribution in [2.75, 3.05) is 11.5 Å². The number of tetrazole rings is 1. The number of aromatic nitrogens is 6. The summed E-state index contributed by atoms with van der Waals surface area (Å²) < 4.78 is 2.67. The predicted octanol–water partition coefficient (Wildman–Crippen LogP) is -0.285. The minimum Gasteiger partial charge on any atom is -0.477 e. The van der Waals surface area contributed by atoms with Crippen LogP contribution >= 0.6 is 23.5 Å². The molecule has 0 unspecified atom stereocenters. The van der Waals surface area contributed by atoms with Gasteiger partial charge in [0.15, 0.2) is 0 Å². The highest BCUT2D eigenvalue weighted by Crippen LogP contribution is 2.41. The van der Waals surface area contributed by atoms with Crippen LogP contribution in [0.5, 0.6) is 0 Å². The molecule has 1 fully saturated rings. The lowest BCUT2D eigenvalue weighted by molar-refractivity contribution is -0.389. The number of aliphatic carboxylic acids is 1. The summed E-state index contributed by atoms with van der Waals surface area (Å²) in [5.41, 5.74) is 0.862. The van der Waals surface area contributed by atoms with Crippen molar-refractivity contribution >= 4 is 47.1 Å². The van der Waals surface area contributed by atoms with Crippen molar-refractivity contribution in [1.82, 2.24) is 40.2 Å². The smallest absolute Gasteiger partial charge is 0.390 e. The van der Waals surface area contributed by atoms with Gasteiger partial charge in [-0.1, -0.05) is 11.8 Å². The quantitative estimate of drug-likeness (QED) is 0.205. The maximum atomic E-state index is 12.8. The van der Waals surface area contributed by atoms with Crippen LogP contribution in [0.1, 0.15) is 18.7 Å². The molecule has 2 amide bonds. The van der Waals surface area contributed by atoms with Crippen LogP contribution in [0, 0.1) is 17.0 Å². The van der Waals surface area contributed by atoms with Gasteiger partial charge in [0, 0.05) is 18.6 Å². The molecule has 2 aromatic heterocycles. The molecule has 0 aromatic carbocycles. The Labute approximate surface area is 200 Å². The van der Waals surface area contributed by atoms with Crippen molar-refractivity contribution in [1.29, 1.82) is 0 Å². The van der Waals surface area contributed by atoms with Crippen LogP contribution in [-0.2, 0) is 21.4 Å². The predicted molar refractivity (Wildman–Crippen MR) is 118 cm³/mol. The summed E-state index contributed by atoms with van der Waals surface area (Å²) >= 11 is 2.60. The maximum Gasteiger partial charge on any atom is 0.390 e. The van der Waals surface area contributed by atoms with Crippen LogP contribution in [0.3, 0.4) is 0 Å². The summed E-state index contributed by atoms with van der Waals surface area (Å²) in [5, 5.41) is 38.2. The van der Waals surface area contributed by atoms with Crippen LogP contribution in [0.15, 0.2) is 22.5 Å². The number of carbonyl (C=O) groups excluding carboxylic acids is 2. The summed E-state index contributed by atoms with van der Waals surface area (Å²) in [6.45, 7) is 3.09. The van der Waals surface area contributed by atoms with Gasteiger partial charge < -0.3 is 20.5 Å². The van der Waals surface area contributed by atoms with Gasteiger partial charge in [-0.3, -0.25) is 14.5 Å². The summed E-state index contributed by atoms with van der Waals surface area (Å²) in [5.74, 6) is -2.09. The van der Waals surface area contributed by atoms with E-state index in [1.54, 1.807) is 14.0 Å². The molecule has 4 rings (SSSR count). The number of nitrogens with zero attached hydrogens (tertiary/aromatic N) is 8. The monoisotopic (exact) mass is 509 g/mol. The molecule has 2 aliphatic rings. The Morgan fingerprint density at radius 3 is 2.79 bits per heavy atom. The third-order valence-corrected chi connectivity index (χ3v) is 7.78. The molecule has 4 heterocycles. The number of thioether (sulfide) groups is 2. The molecule has 2 N–H and O–H groups in total. The number of hydrogen-bond donors (Lipinski definition) is 2.